The fourth-order valence-electron chi connectivity index (χ4n) is 3.85. The van der Waals surface area contributed by atoms with Crippen LogP contribution in [0.15, 0.2) is 70.4 Å². The average molecular weight is 376 g/mol. The summed E-state index contributed by atoms with van der Waals surface area (Å²) < 4.78 is 22.8. The topological polar surface area (TPSA) is 56.4 Å². The van der Waals surface area contributed by atoms with Crippen LogP contribution < -0.4 is 14.2 Å². The average Bonchev–Trinajstić information content (AvgIpc) is 3.42. The third kappa shape index (κ3) is 2.60. The van der Waals surface area contributed by atoms with Gasteiger partial charge in [0, 0.05) is 17.5 Å². The Morgan fingerprint density at radius 2 is 1.86 bits per heavy atom. The van der Waals surface area contributed by atoms with E-state index in [0.29, 0.717) is 11.5 Å². The molecule has 0 aliphatic carbocycles. The molecule has 2 aliphatic rings. The molecule has 0 saturated heterocycles. The second kappa shape index (κ2) is 6.64. The maximum absolute atomic E-state index is 6.36. The zero-order valence-electron chi connectivity index (χ0n) is 15.7. The van der Waals surface area contributed by atoms with Crippen molar-refractivity contribution in [2.24, 2.45) is 5.10 Å². The number of benzene rings is 2. The van der Waals surface area contributed by atoms with Crippen molar-refractivity contribution < 1.29 is 18.6 Å². The second-order valence-electron chi connectivity index (χ2n) is 6.75. The van der Waals surface area contributed by atoms with Gasteiger partial charge in [0.1, 0.15) is 17.2 Å². The van der Waals surface area contributed by atoms with Gasteiger partial charge in [0.25, 0.3) is 0 Å². The number of hydrogen-bond donors (Lipinski definition) is 0. The Kier molecular flexibility index (Phi) is 3.97. The molecule has 3 heterocycles. The van der Waals surface area contributed by atoms with E-state index in [9.17, 15) is 0 Å². The summed E-state index contributed by atoms with van der Waals surface area (Å²) in [7, 11) is 3.26. The van der Waals surface area contributed by atoms with Gasteiger partial charge in [0.15, 0.2) is 11.5 Å². The third-order valence-electron chi connectivity index (χ3n) is 5.20. The molecule has 142 valence electrons. The quantitative estimate of drug-likeness (QED) is 0.669. The number of para-hydroxylation sites is 1. The molecule has 0 bridgehead atoms. The summed E-state index contributed by atoms with van der Waals surface area (Å²) in [5.74, 6) is 3.01. The highest BCUT2D eigenvalue weighted by molar-refractivity contribution is 5.99. The predicted octanol–water partition coefficient (Wildman–Crippen LogP) is 4.54. The monoisotopic (exact) mass is 376 g/mol. The van der Waals surface area contributed by atoms with E-state index in [1.54, 1.807) is 20.5 Å². The highest BCUT2D eigenvalue weighted by atomic mass is 16.5. The van der Waals surface area contributed by atoms with Crippen LogP contribution >= 0.6 is 0 Å². The minimum absolute atomic E-state index is 0.0862. The standard InChI is InChI=1S/C22H20N2O4/c1-25-20-10-9-14(12-21(20)26-2)22-24-17(15-6-3-4-7-18(15)28-22)13-16(23-24)19-8-5-11-27-19/h3-12,17,22H,13H2,1-2H3/t17-,22+/m1/s1. The highest BCUT2D eigenvalue weighted by Crippen LogP contribution is 2.48. The predicted molar refractivity (Wildman–Crippen MR) is 104 cm³/mol. The van der Waals surface area contributed by atoms with Crippen molar-refractivity contribution in [3.8, 4) is 17.2 Å². The molecule has 6 heteroatoms. The summed E-state index contributed by atoms with van der Waals surface area (Å²) in [5.41, 5.74) is 2.99. The molecule has 0 radical (unpaired) electrons. The zero-order chi connectivity index (χ0) is 19.1. The summed E-state index contributed by atoms with van der Waals surface area (Å²) >= 11 is 0. The first-order chi connectivity index (χ1) is 13.8. The van der Waals surface area contributed by atoms with Gasteiger partial charge in [-0.1, -0.05) is 18.2 Å². The first kappa shape index (κ1) is 16.7. The molecule has 2 aliphatic heterocycles. The van der Waals surface area contributed by atoms with E-state index in [2.05, 4.69) is 6.07 Å². The van der Waals surface area contributed by atoms with Crippen molar-refractivity contribution >= 4 is 5.71 Å². The van der Waals surface area contributed by atoms with Gasteiger partial charge < -0.3 is 18.6 Å². The van der Waals surface area contributed by atoms with Gasteiger partial charge in [-0.15, -0.1) is 0 Å². The van der Waals surface area contributed by atoms with Crippen LogP contribution in [0.25, 0.3) is 0 Å². The number of fused-ring (bicyclic) bond motifs is 3. The van der Waals surface area contributed by atoms with Gasteiger partial charge in [-0.25, -0.2) is 5.01 Å². The molecule has 1 aromatic heterocycles. The number of hydrazone groups is 1. The Bertz CT molecular complexity index is 1030. The first-order valence-electron chi connectivity index (χ1n) is 9.15. The lowest BCUT2D eigenvalue weighted by Crippen LogP contribution is -2.33. The van der Waals surface area contributed by atoms with E-state index in [0.717, 1.165) is 34.8 Å². The molecular formula is C22H20N2O4. The van der Waals surface area contributed by atoms with Gasteiger partial charge in [-0.3, -0.25) is 0 Å². The minimum Gasteiger partial charge on any atom is -0.493 e. The zero-order valence-corrected chi connectivity index (χ0v) is 15.7. The molecule has 2 atom stereocenters. The SMILES string of the molecule is COc1ccc([C@@H]2Oc3ccccc3[C@H]3CC(c4ccco4)=NN32)cc1OC. The molecule has 0 N–H and O–H groups in total. The van der Waals surface area contributed by atoms with Crippen molar-refractivity contribution in [2.45, 2.75) is 18.7 Å². The van der Waals surface area contributed by atoms with Gasteiger partial charge in [-0.2, -0.15) is 5.10 Å². The van der Waals surface area contributed by atoms with E-state index in [1.807, 2.05) is 53.5 Å². The van der Waals surface area contributed by atoms with Crippen molar-refractivity contribution in [1.29, 1.82) is 0 Å². The molecule has 0 saturated carbocycles. The Morgan fingerprint density at radius 3 is 2.64 bits per heavy atom. The molecule has 0 unspecified atom stereocenters. The third-order valence-corrected chi connectivity index (χ3v) is 5.20. The van der Waals surface area contributed by atoms with Crippen LogP contribution in [0.5, 0.6) is 17.2 Å². The lowest BCUT2D eigenvalue weighted by atomic mass is 9.97. The molecule has 5 rings (SSSR count). The van der Waals surface area contributed by atoms with E-state index >= 15 is 0 Å². The van der Waals surface area contributed by atoms with Crippen molar-refractivity contribution in [3.05, 3.63) is 77.7 Å². The second-order valence-corrected chi connectivity index (χ2v) is 6.75. The van der Waals surface area contributed by atoms with Crippen molar-refractivity contribution in [1.82, 2.24) is 5.01 Å². The number of rotatable bonds is 4. The smallest absolute Gasteiger partial charge is 0.214 e. The lowest BCUT2D eigenvalue weighted by molar-refractivity contribution is -0.0191. The van der Waals surface area contributed by atoms with Crippen LogP contribution in [0.4, 0.5) is 0 Å². The molecule has 2 aromatic carbocycles. The number of hydrogen-bond acceptors (Lipinski definition) is 6. The highest BCUT2D eigenvalue weighted by Gasteiger charge is 2.41. The van der Waals surface area contributed by atoms with Gasteiger partial charge >= 0.3 is 0 Å². The van der Waals surface area contributed by atoms with Crippen molar-refractivity contribution in [2.75, 3.05) is 14.2 Å². The maximum Gasteiger partial charge on any atom is 0.214 e. The van der Waals surface area contributed by atoms with Gasteiger partial charge in [-0.05, 0) is 36.4 Å². The van der Waals surface area contributed by atoms with Crippen LogP contribution in [0.1, 0.15) is 35.6 Å². The fourth-order valence-corrected chi connectivity index (χ4v) is 3.85. The molecular weight excluding hydrogens is 356 g/mol. The number of furan rings is 1. The van der Waals surface area contributed by atoms with Crippen LogP contribution in [-0.4, -0.2) is 24.9 Å². The minimum atomic E-state index is -0.368. The molecule has 0 spiro atoms. The summed E-state index contributed by atoms with van der Waals surface area (Å²) in [6.07, 6.45) is 2.07. The Morgan fingerprint density at radius 1 is 1.00 bits per heavy atom. The van der Waals surface area contributed by atoms with Crippen LogP contribution in [0, 0.1) is 0 Å². The van der Waals surface area contributed by atoms with E-state index in [-0.39, 0.29) is 12.3 Å². The van der Waals surface area contributed by atoms with E-state index in [4.69, 9.17) is 23.7 Å². The first-order valence-corrected chi connectivity index (χ1v) is 9.15. The summed E-state index contributed by atoms with van der Waals surface area (Å²) in [6.45, 7) is 0. The molecule has 0 fully saturated rings. The lowest BCUT2D eigenvalue weighted by Gasteiger charge is -2.38. The van der Waals surface area contributed by atoms with Crippen LogP contribution in [0.3, 0.4) is 0 Å². The Balaban J connectivity index is 1.59. The maximum atomic E-state index is 6.36. The Hall–Kier alpha value is -3.41. The number of ether oxygens (including phenoxy) is 3. The van der Waals surface area contributed by atoms with Gasteiger partial charge in [0.2, 0.25) is 6.23 Å². The molecule has 6 nitrogen and oxygen atoms in total. The normalized spacial score (nSPS) is 20.1. The fraction of sp³-hybridized carbons (Fsp3) is 0.227. The van der Waals surface area contributed by atoms with Crippen LogP contribution in [0.2, 0.25) is 0 Å². The molecule has 3 aromatic rings. The van der Waals surface area contributed by atoms with Crippen molar-refractivity contribution in [3.63, 3.8) is 0 Å². The Labute approximate surface area is 162 Å². The largest absolute Gasteiger partial charge is 0.493 e. The summed E-state index contributed by atoms with van der Waals surface area (Å²) in [4.78, 5) is 0. The molecule has 0 amide bonds. The van der Waals surface area contributed by atoms with Crippen LogP contribution in [-0.2, 0) is 0 Å². The van der Waals surface area contributed by atoms with Gasteiger partial charge in [0.05, 0.1) is 26.5 Å². The number of nitrogens with zero attached hydrogens (tertiary/aromatic N) is 2. The number of methoxy groups -OCH3 is 2. The van der Waals surface area contributed by atoms with E-state index in [1.165, 1.54) is 0 Å². The van der Waals surface area contributed by atoms with E-state index < -0.39 is 0 Å². The molecule has 28 heavy (non-hydrogen) atoms. The summed E-state index contributed by atoms with van der Waals surface area (Å²) in [5, 5.41) is 6.88. The summed E-state index contributed by atoms with van der Waals surface area (Å²) in [6, 6.07) is 17.8.